The van der Waals surface area contributed by atoms with Crippen LogP contribution in [0.15, 0.2) is 18.3 Å². The predicted octanol–water partition coefficient (Wildman–Crippen LogP) is 0.489. The first-order valence-electron chi connectivity index (χ1n) is 3.31. The minimum absolute atomic E-state index is 0.0412. The van der Waals surface area contributed by atoms with Crippen LogP contribution in [0.2, 0.25) is 0 Å². The van der Waals surface area contributed by atoms with Gasteiger partial charge < -0.3 is 15.8 Å². The second-order valence-electron chi connectivity index (χ2n) is 2.33. The zero-order valence-corrected chi connectivity index (χ0v) is 5.95. The monoisotopic (exact) mass is 154 g/mol. The summed E-state index contributed by atoms with van der Waals surface area (Å²) in [7, 11) is 0. The summed E-state index contributed by atoms with van der Waals surface area (Å²) < 4.78 is 0. The maximum Gasteiger partial charge on any atom is 0.305 e. The highest BCUT2D eigenvalue weighted by Crippen LogP contribution is 2.10. The highest BCUT2D eigenvalue weighted by molar-refractivity contribution is 5.67. The molecule has 0 aliphatic heterocycles. The van der Waals surface area contributed by atoms with Crippen molar-refractivity contribution in [1.29, 1.82) is 0 Å². The number of carboxylic acid groups (broad SMARTS) is 1. The number of carboxylic acids is 1. The van der Waals surface area contributed by atoms with Gasteiger partial charge in [-0.1, -0.05) is 0 Å². The second-order valence-corrected chi connectivity index (χ2v) is 2.33. The van der Waals surface area contributed by atoms with Gasteiger partial charge in [0.05, 0.1) is 12.5 Å². The molecular weight excluding hydrogens is 144 g/mol. The van der Waals surface area contributed by atoms with Crippen LogP contribution < -0.4 is 5.73 Å². The number of nitrogens with one attached hydrogen (secondary N) is 1. The van der Waals surface area contributed by atoms with Gasteiger partial charge in [-0.3, -0.25) is 4.79 Å². The van der Waals surface area contributed by atoms with Crippen molar-refractivity contribution in [2.75, 3.05) is 0 Å². The Morgan fingerprint density at radius 2 is 2.55 bits per heavy atom. The maximum absolute atomic E-state index is 10.2. The summed E-state index contributed by atoms with van der Waals surface area (Å²) in [5, 5.41) is 8.39. The number of aliphatic carboxylic acids is 1. The van der Waals surface area contributed by atoms with Gasteiger partial charge in [0, 0.05) is 11.9 Å². The maximum atomic E-state index is 10.2. The fourth-order valence-corrected chi connectivity index (χ4v) is 0.873. The molecule has 0 aromatic carbocycles. The molecule has 4 heteroatoms. The number of H-pyrrole nitrogens is 1. The lowest BCUT2D eigenvalue weighted by Crippen LogP contribution is -2.15. The smallest absolute Gasteiger partial charge is 0.305 e. The first kappa shape index (κ1) is 7.81. The van der Waals surface area contributed by atoms with Crippen molar-refractivity contribution in [2.45, 2.75) is 12.5 Å². The van der Waals surface area contributed by atoms with Crippen molar-refractivity contribution in [2.24, 2.45) is 5.73 Å². The minimum Gasteiger partial charge on any atom is -0.481 e. The lowest BCUT2D eigenvalue weighted by atomic mass is 10.1. The number of rotatable bonds is 3. The van der Waals surface area contributed by atoms with Crippen molar-refractivity contribution < 1.29 is 9.90 Å². The first-order valence-corrected chi connectivity index (χ1v) is 3.31. The molecule has 1 heterocycles. The van der Waals surface area contributed by atoms with E-state index >= 15 is 0 Å². The fraction of sp³-hybridized carbons (Fsp3) is 0.286. The largest absolute Gasteiger partial charge is 0.481 e. The van der Waals surface area contributed by atoms with E-state index in [-0.39, 0.29) is 6.42 Å². The molecule has 0 saturated heterocycles. The molecule has 1 rings (SSSR count). The van der Waals surface area contributed by atoms with Crippen LogP contribution in [0.4, 0.5) is 0 Å². The molecule has 0 spiro atoms. The average molecular weight is 154 g/mol. The predicted molar refractivity (Wildman–Crippen MR) is 40.0 cm³/mol. The number of nitrogens with two attached hydrogens (primary N) is 1. The Morgan fingerprint density at radius 3 is 3.00 bits per heavy atom. The van der Waals surface area contributed by atoms with E-state index in [1.54, 1.807) is 18.3 Å². The van der Waals surface area contributed by atoms with E-state index in [4.69, 9.17) is 10.8 Å². The standard InChI is InChI=1S/C7H10N2O2/c8-5(4-7(10)11)6-2-1-3-9-6/h1-3,5,9H,4,8H2,(H,10,11)/t5-/m1/s1. The van der Waals surface area contributed by atoms with E-state index in [1.165, 1.54) is 0 Å². The lowest BCUT2D eigenvalue weighted by molar-refractivity contribution is -0.137. The van der Waals surface area contributed by atoms with Crippen LogP contribution in [0.3, 0.4) is 0 Å². The van der Waals surface area contributed by atoms with Gasteiger partial charge in [0.25, 0.3) is 0 Å². The Labute approximate surface area is 64.0 Å². The van der Waals surface area contributed by atoms with Crippen molar-refractivity contribution in [1.82, 2.24) is 4.98 Å². The van der Waals surface area contributed by atoms with Crippen molar-refractivity contribution in [3.63, 3.8) is 0 Å². The Morgan fingerprint density at radius 1 is 1.82 bits per heavy atom. The van der Waals surface area contributed by atoms with Crippen LogP contribution >= 0.6 is 0 Å². The molecule has 11 heavy (non-hydrogen) atoms. The highest BCUT2D eigenvalue weighted by Gasteiger charge is 2.09. The van der Waals surface area contributed by atoms with Gasteiger partial charge in [-0.05, 0) is 12.1 Å². The quantitative estimate of drug-likeness (QED) is 0.592. The van der Waals surface area contributed by atoms with E-state index in [2.05, 4.69) is 4.98 Å². The molecule has 0 amide bonds. The van der Waals surface area contributed by atoms with E-state index in [0.717, 1.165) is 5.69 Å². The van der Waals surface area contributed by atoms with Crippen LogP contribution in [0.5, 0.6) is 0 Å². The molecule has 1 aromatic heterocycles. The number of carbonyl (C=O) groups is 1. The van der Waals surface area contributed by atoms with Crippen molar-refractivity contribution in [3.05, 3.63) is 24.0 Å². The molecule has 0 unspecified atom stereocenters. The fourth-order valence-electron chi connectivity index (χ4n) is 0.873. The van der Waals surface area contributed by atoms with Crippen LogP contribution in [0, 0.1) is 0 Å². The first-order chi connectivity index (χ1) is 5.20. The van der Waals surface area contributed by atoms with Crippen molar-refractivity contribution in [3.8, 4) is 0 Å². The average Bonchev–Trinajstić information content (AvgIpc) is 2.35. The summed E-state index contributed by atoms with van der Waals surface area (Å²) >= 11 is 0. The highest BCUT2D eigenvalue weighted by atomic mass is 16.4. The normalized spacial score (nSPS) is 12.8. The number of hydrogen-bond donors (Lipinski definition) is 3. The van der Waals surface area contributed by atoms with Crippen LogP contribution in [-0.4, -0.2) is 16.1 Å². The Kier molecular flexibility index (Phi) is 2.28. The molecule has 1 atom stereocenters. The molecule has 4 N–H and O–H groups in total. The van der Waals surface area contributed by atoms with Gasteiger partial charge in [-0.15, -0.1) is 0 Å². The van der Waals surface area contributed by atoms with Crippen molar-refractivity contribution >= 4 is 5.97 Å². The van der Waals surface area contributed by atoms with Gasteiger partial charge in [0.1, 0.15) is 0 Å². The third-order valence-electron chi connectivity index (χ3n) is 1.42. The third-order valence-corrected chi connectivity index (χ3v) is 1.42. The van der Waals surface area contributed by atoms with Gasteiger partial charge in [0.2, 0.25) is 0 Å². The molecule has 0 aliphatic rings. The Bertz CT molecular complexity index is 231. The topological polar surface area (TPSA) is 79.1 Å². The Hall–Kier alpha value is -1.29. The summed E-state index contributed by atoms with van der Waals surface area (Å²) in [4.78, 5) is 13.1. The SMILES string of the molecule is N[C@H](CC(=O)O)c1ccc[nH]1. The van der Waals surface area contributed by atoms with E-state index in [1.807, 2.05) is 0 Å². The second kappa shape index (κ2) is 3.21. The molecule has 60 valence electrons. The van der Waals surface area contributed by atoms with Gasteiger partial charge in [-0.25, -0.2) is 0 Å². The zero-order valence-electron chi connectivity index (χ0n) is 5.95. The molecule has 0 bridgehead atoms. The molecule has 1 aromatic rings. The molecule has 0 aliphatic carbocycles. The summed E-state index contributed by atoms with van der Waals surface area (Å²) in [6.07, 6.45) is 1.68. The molecule has 0 saturated carbocycles. The molecular formula is C7H10N2O2. The van der Waals surface area contributed by atoms with E-state index in [9.17, 15) is 4.79 Å². The van der Waals surface area contributed by atoms with Gasteiger partial charge in [0.15, 0.2) is 0 Å². The van der Waals surface area contributed by atoms with Crippen LogP contribution in [-0.2, 0) is 4.79 Å². The van der Waals surface area contributed by atoms with Gasteiger partial charge in [-0.2, -0.15) is 0 Å². The minimum atomic E-state index is -0.882. The number of aromatic amines is 1. The van der Waals surface area contributed by atoms with Gasteiger partial charge >= 0.3 is 5.97 Å². The molecule has 4 nitrogen and oxygen atoms in total. The molecule has 0 radical (unpaired) electrons. The van der Waals surface area contributed by atoms with E-state index in [0.29, 0.717) is 0 Å². The van der Waals surface area contributed by atoms with Crippen LogP contribution in [0.1, 0.15) is 18.2 Å². The number of hydrogen-bond acceptors (Lipinski definition) is 2. The summed E-state index contributed by atoms with van der Waals surface area (Å²) in [5.74, 6) is -0.882. The Balaban J connectivity index is 2.56. The summed E-state index contributed by atoms with van der Waals surface area (Å²) in [6.45, 7) is 0. The number of aromatic nitrogens is 1. The summed E-state index contributed by atoms with van der Waals surface area (Å²) in [6, 6.07) is 3.13. The summed E-state index contributed by atoms with van der Waals surface area (Å²) in [5.41, 5.74) is 6.29. The lowest BCUT2D eigenvalue weighted by Gasteiger charge is -2.04. The third kappa shape index (κ3) is 2.09. The van der Waals surface area contributed by atoms with Crippen LogP contribution in [0.25, 0.3) is 0 Å². The zero-order chi connectivity index (χ0) is 8.27. The molecule has 0 fully saturated rings. The van der Waals surface area contributed by atoms with E-state index < -0.39 is 12.0 Å².